The Morgan fingerprint density at radius 1 is 1.25 bits per heavy atom. The van der Waals surface area contributed by atoms with Crippen LogP contribution in [0.3, 0.4) is 0 Å². The van der Waals surface area contributed by atoms with Crippen molar-refractivity contribution < 1.29 is 0 Å². The van der Waals surface area contributed by atoms with E-state index in [1.807, 2.05) is 11.3 Å². The molecule has 106 valence electrons. The van der Waals surface area contributed by atoms with E-state index >= 15 is 0 Å². The topological polar surface area (TPSA) is 15.3 Å². The Labute approximate surface area is 125 Å². The highest BCUT2D eigenvalue weighted by molar-refractivity contribution is 7.12. The van der Waals surface area contributed by atoms with E-state index in [4.69, 9.17) is 0 Å². The maximum Gasteiger partial charge on any atom is 0.0449 e. The van der Waals surface area contributed by atoms with Gasteiger partial charge in [0.1, 0.15) is 0 Å². The number of hydrogen-bond acceptors (Lipinski definition) is 3. The molecule has 1 saturated heterocycles. The third-order valence-electron chi connectivity index (χ3n) is 4.06. The third kappa shape index (κ3) is 3.11. The lowest BCUT2D eigenvalue weighted by molar-refractivity contribution is 0.195. The molecule has 2 nitrogen and oxygen atoms in total. The van der Waals surface area contributed by atoms with Crippen molar-refractivity contribution in [3.05, 3.63) is 57.3 Å². The number of piperazine rings is 1. The molecule has 1 aliphatic heterocycles. The zero-order chi connectivity index (χ0) is 13.9. The molecule has 1 atom stereocenters. The fourth-order valence-electron chi connectivity index (χ4n) is 2.81. The molecule has 0 spiro atoms. The summed E-state index contributed by atoms with van der Waals surface area (Å²) >= 11 is 1.94. The highest BCUT2D eigenvalue weighted by Crippen LogP contribution is 2.24. The number of nitrogens with one attached hydrogen (secondary N) is 1. The number of aryl methyl sites for hydroxylation is 2. The van der Waals surface area contributed by atoms with Gasteiger partial charge in [0, 0.05) is 42.0 Å². The number of thiophene rings is 1. The van der Waals surface area contributed by atoms with Crippen LogP contribution in [-0.2, 0) is 6.54 Å². The molecular formula is C17H22N2S. The Kier molecular flexibility index (Phi) is 4.20. The predicted molar refractivity (Wildman–Crippen MR) is 86.3 cm³/mol. The highest BCUT2D eigenvalue weighted by Gasteiger charge is 2.21. The van der Waals surface area contributed by atoms with Gasteiger partial charge in [-0.2, -0.15) is 0 Å². The minimum absolute atomic E-state index is 0.465. The Hall–Kier alpha value is -1.16. The second-order valence-corrected chi connectivity index (χ2v) is 6.95. The molecule has 20 heavy (non-hydrogen) atoms. The minimum Gasteiger partial charge on any atom is -0.308 e. The zero-order valence-electron chi connectivity index (χ0n) is 12.2. The van der Waals surface area contributed by atoms with Gasteiger partial charge in [-0.25, -0.2) is 0 Å². The van der Waals surface area contributed by atoms with Crippen molar-refractivity contribution in [1.82, 2.24) is 10.2 Å². The van der Waals surface area contributed by atoms with Gasteiger partial charge in [0.2, 0.25) is 0 Å². The van der Waals surface area contributed by atoms with E-state index < -0.39 is 0 Å². The van der Waals surface area contributed by atoms with Crippen LogP contribution in [0.2, 0.25) is 0 Å². The van der Waals surface area contributed by atoms with Crippen molar-refractivity contribution in [2.24, 2.45) is 0 Å². The molecule has 1 fully saturated rings. The number of rotatable bonds is 3. The van der Waals surface area contributed by atoms with Gasteiger partial charge in [-0.1, -0.05) is 30.3 Å². The standard InChI is InChI=1S/C17H22N2S/c1-13-10-16(20-14(13)2)11-19-9-8-18-17(12-19)15-6-4-3-5-7-15/h3-7,10,17-18H,8-9,11-12H2,1-2H3. The Morgan fingerprint density at radius 3 is 2.75 bits per heavy atom. The first-order valence-electron chi connectivity index (χ1n) is 7.29. The summed E-state index contributed by atoms with van der Waals surface area (Å²) < 4.78 is 0. The molecule has 2 aromatic rings. The average molecular weight is 286 g/mol. The molecule has 1 aliphatic rings. The second-order valence-electron chi connectivity index (χ2n) is 5.60. The first-order valence-corrected chi connectivity index (χ1v) is 8.10. The molecule has 3 heteroatoms. The zero-order valence-corrected chi connectivity index (χ0v) is 13.0. The summed E-state index contributed by atoms with van der Waals surface area (Å²) in [7, 11) is 0. The van der Waals surface area contributed by atoms with Crippen LogP contribution in [0.5, 0.6) is 0 Å². The summed E-state index contributed by atoms with van der Waals surface area (Å²) in [6.07, 6.45) is 0. The monoisotopic (exact) mass is 286 g/mol. The van der Waals surface area contributed by atoms with Crippen molar-refractivity contribution in [2.75, 3.05) is 19.6 Å². The third-order valence-corrected chi connectivity index (χ3v) is 5.20. The van der Waals surface area contributed by atoms with Crippen LogP contribution < -0.4 is 5.32 Å². The van der Waals surface area contributed by atoms with Crippen LogP contribution in [0, 0.1) is 13.8 Å². The fourth-order valence-corrected chi connectivity index (χ4v) is 3.91. The lowest BCUT2D eigenvalue weighted by Gasteiger charge is -2.33. The van der Waals surface area contributed by atoms with E-state index in [2.05, 4.69) is 60.5 Å². The number of nitrogens with zero attached hydrogens (tertiary/aromatic N) is 1. The van der Waals surface area contributed by atoms with E-state index in [-0.39, 0.29) is 0 Å². The maximum absolute atomic E-state index is 3.63. The Bertz CT molecular complexity index is 542. The van der Waals surface area contributed by atoms with Crippen molar-refractivity contribution >= 4 is 11.3 Å². The van der Waals surface area contributed by atoms with Crippen LogP contribution >= 0.6 is 11.3 Å². The van der Waals surface area contributed by atoms with E-state index in [0.717, 1.165) is 26.2 Å². The minimum atomic E-state index is 0.465. The molecule has 1 aromatic carbocycles. The lowest BCUT2D eigenvalue weighted by atomic mass is 10.0. The molecule has 0 amide bonds. The van der Waals surface area contributed by atoms with E-state index in [9.17, 15) is 0 Å². The second kappa shape index (κ2) is 6.08. The molecule has 3 rings (SSSR count). The quantitative estimate of drug-likeness (QED) is 0.929. The first kappa shape index (κ1) is 13.8. The fraction of sp³-hybridized carbons (Fsp3) is 0.412. The van der Waals surface area contributed by atoms with Crippen molar-refractivity contribution in [3.63, 3.8) is 0 Å². The van der Waals surface area contributed by atoms with Crippen LogP contribution in [0.4, 0.5) is 0 Å². The van der Waals surface area contributed by atoms with Crippen LogP contribution in [0.1, 0.15) is 26.9 Å². The Morgan fingerprint density at radius 2 is 2.05 bits per heavy atom. The summed E-state index contributed by atoms with van der Waals surface area (Å²) in [6, 6.07) is 13.6. The van der Waals surface area contributed by atoms with Crippen LogP contribution in [0.15, 0.2) is 36.4 Å². The first-order chi connectivity index (χ1) is 9.72. The number of benzene rings is 1. The average Bonchev–Trinajstić information content (AvgIpc) is 2.78. The molecule has 2 heterocycles. The van der Waals surface area contributed by atoms with Gasteiger partial charge in [-0.05, 0) is 31.0 Å². The summed E-state index contributed by atoms with van der Waals surface area (Å²) in [5, 5.41) is 3.63. The van der Waals surface area contributed by atoms with Crippen molar-refractivity contribution in [3.8, 4) is 0 Å². The van der Waals surface area contributed by atoms with Gasteiger partial charge in [0.15, 0.2) is 0 Å². The molecule has 0 radical (unpaired) electrons. The molecule has 0 bridgehead atoms. The lowest BCUT2D eigenvalue weighted by Crippen LogP contribution is -2.45. The molecule has 1 N–H and O–H groups in total. The molecule has 1 unspecified atom stereocenters. The van der Waals surface area contributed by atoms with Crippen molar-refractivity contribution in [1.29, 1.82) is 0 Å². The maximum atomic E-state index is 3.63. The van der Waals surface area contributed by atoms with Crippen molar-refractivity contribution in [2.45, 2.75) is 26.4 Å². The summed E-state index contributed by atoms with van der Waals surface area (Å²) in [6.45, 7) is 8.82. The van der Waals surface area contributed by atoms with Crippen LogP contribution in [0.25, 0.3) is 0 Å². The molecule has 0 aliphatic carbocycles. The van der Waals surface area contributed by atoms with Crippen LogP contribution in [-0.4, -0.2) is 24.5 Å². The van der Waals surface area contributed by atoms with Gasteiger partial charge in [-0.15, -0.1) is 11.3 Å². The van der Waals surface area contributed by atoms with Gasteiger partial charge in [-0.3, -0.25) is 4.90 Å². The van der Waals surface area contributed by atoms with Gasteiger partial charge in [0.25, 0.3) is 0 Å². The van der Waals surface area contributed by atoms with Gasteiger partial charge >= 0.3 is 0 Å². The normalized spacial score (nSPS) is 20.2. The van der Waals surface area contributed by atoms with Gasteiger partial charge < -0.3 is 5.32 Å². The summed E-state index contributed by atoms with van der Waals surface area (Å²) in [4.78, 5) is 5.52. The van der Waals surface area contributed by atoms with E-state index in [1.165, 1.54) is 20.9 Å². The smallest absolute Gasteiger partial charge is 0.0449 e. The highest BCUT2D eigenvalue weighted by atomic mass is 32.1. The number of hydrogen-bond donors (Lipinski definition) is 1. The molecule has 0 saturated carbocycles. The summed E-state index contributed by atoms with van der Waals surface area (Å²) in [5.74, 6) is 0. The molecule has 1 aromatic heterocycles. The van der Waals surface area contributed by atoms with E-state index in [0.29, 0.717) is 6.04 Å². The Balaban J connectivity index is 1.66. The predicted octanol–water partition coefficient (Wildman–Crippen LogP) is 3.51. The SMILES string of the molecule is Cc1cc(CN2CCNC(c3ccccc3)C2)sc1C. The largest absolute Gasteiger partial charge is 0.308 e. The molecular weight excluding hydrogens is 264 g/mol. The van der Waals surface area contributed by atoms with E-state index in [1.54, 1.807) is 0 Å². The van der Waals surface area contributed by atoms with Gasteiger partial charge in [0.05, 0.1) is 0 Å². The summed E-state index contributed by atoms with van der Waals surface area (Å²) in [5.41, 5.74) is 2.83.